The fraction of sp³-hybridized carbons (Fsp3) is 0.583. The molecule has 0 aliphatic heterocycles. The number of hydrogen-bond acceptors (Lipinski definition) is 11. The van der Waals surface area contributed by atoms with E-state index >= 15 is 0 Å². The van der Waals surface area contributed by atoms with Crippen LogP contribution >= 0.6 is 0 Å². The molecule has 0 aromatic carbocycles. The average molecular weight is 352 g/mol. The number of carbonyl (C=O) groups excluding carboxylic acids is 4. The molecule has 0 aromatic rings. The van der Waals surface area contributed by atoms with Crippen molar-refractivity contribution < 1.29 is 48.4 Å². The standard InChI is InChI=1S/C10H16N2O8.C2H4O2/c1-7(13)17-11(18-8(2)14)5-6-12(19-9(3)15)20-10(4)16;1-2(3)4/h5-6H2,1-4H3;1H3,(H,3,4). The van der Waals surface area contributed by atoms with Crippen LogP contribution in [0.15, 0.2) is 0 Å². The summed E-state index contributed by atoms with van der Waals surface area (Å²) in [6.45, 7) is 5.05. The number of rotatable bonds is 7. The fourth-order valence-electron chi connectivity index (χ4n) is 0.957. The van der Waals surface area contributed by atoms with Gasteiger partial charge in [0.05, 0.1) is 13.1 Å². The Balaban J connectivity index is 0. The van der Waals surface area contributed by atoms with E-state index in [1.807, 2.05) is 0 Å². The quantitative estimate of drug-likeness (QED) is 0.593. The summed E-state index contributed by atoms with van der Waals surface area (Å²) in [5.74, 6) is -3.73. The Bertz CT molecular complexity index is 393. The van der Waals surface area contributed by atoms with Crippen molar-refractivity contribution in [1.29, 1.82) is 0 Å². The van der Waals surface area contributed by atoms with Crippen LogP contribution in [-0.4, -0.2) is 58.5 Å². The Hall–Kier alpha value is -2.73. The smallest absolute Gasteiger partial charge is 0.326 e. The van der Waals surface area contributed by atoms with Gasteiger partial charge in [0.25, 0.3) is 5.97 Å². The summed E-state index contributed by atoms with van der Waals surface area (Å²) < 4.78 is 0. The Morgan fingerprint density at radius 3 is 0.917 bits per heavy atom. The van der Waals surface area contributed by atoms with Crippen LogP contribution in [0, 0.1) is 0 Å². The first kappa shape index (κ1) is 23.5. The van der Waals surface area contributed by atoms with E-state index in [-0.39, 0.29) is 13.1 Å². The van der Waals surface area contributed by atoms with Gasteiger partial charge in [-0.25, -0.2) is 0 Å². The number of nitrogens with zero attached hydrogens (tertiary/aromatic N) is 2. The van der Waals surface area contributed by atoms with Gasteiger partial charge in [-0.1, -0.05) is 0 Å². The molecule has 0 rings (SSSR count). The first-order valence-corrected chi connectivity index (χ1v) is 6.42. The van der Waals surface area contributed by atoms with Crippen molar-refractivity contribution in [3.05, 3.63) is 0 Å². The van der Waals surface area contributed by atoms with Crippen molar-refractivity contribution in [3.8, 4) is 0 Å². The Labute approximate surface area is 137 Å². The summed E-state index contributed by atoms with van der Waals surface area (Å²) in [6, 6.07) is 0. The van der Waals surface area contributed by atoms with Crippen molar-refractivity contribution >= 4 is 29.8 Å². The molecular formula is C12H20N2O10. The van der Waals surface area contributed by atoms with E-state index in [9.17, 15) is 19.2 Å². The second-order valence-corrected chi connectivity index (χ2v) is 3.96. The second-order valence-electron chi connectivity index (χ2n) is 3.96. The van der Waals surface area contributed by atoms with Gasteiger partial charge in [0, 0.05) is 45.1 Å². The van der Waals surface area contributed by atoms with Crippen molar-refractivity contribution in [3.63, 3.8) is 0 Å². The maximum atomic E-state index is 10.8. The van der Waals surface area contributed by atoms with Crippen LogP contribution in [0.2, 0.25) is 0 Å². The largest absolute Gasteiger partial charge is 0.481 e. The highest BCUT2D eigenvalue weighted by molar-refractivity contribution is 5.67. The molecule has 0 fully saturated rings. The van der Waals surface area contributed by atoms with E-state index in [1.54, 1.807) is 0 Å². The third-order valence-electron chi connectivity index (χ3n) is 1.39. The average Bonchev–Trinajstić information content (AvgIpc) is 2.32. The summed E-state index contributed by atoms with van der Waals surface area (Å²) in [6.07, 6.45) is 0. The molecule has 24 heavy (non-hydrogen) atoms. The lowest BCUT2D eigenvalue weighted by atomic mass is 10.7. The number of carboxylic acids is 1. The minimum absolute atomic E-state index is 0.223. The van der Waals surface area contributed by atoms with E-state index < -0.39 is 29.8 Å². The predicted octanol–water partition coefficient (Wildman–Crippen LogP) is -0.406. The van der Waals surface area contributed by atoms with Crippen molar-refractivity contribution in [2.45, 2.75) is 34.6 Å². The van der Waals surface area contributed by atoms with Crippen LogP contribution in [0.25, 0.3) is 0 Å². The number of aliphatic carboxylic acids is 1. The predicted molar refractivity (Wildman–Crippen MR) is 73.8 cm³/mol. The third-order valence-corrected chi connectivity index (χ3v) is 1.39. The van der Waals surface area contributed by atoms with Crippen LogP contribution in [0.1, 0.15) is 34.6 Å². The molecule has 0 radical (unpaired) electrons. The summed E-state index contributed by atoms with van der Waals surface area (Å²) in [7, 11) is 0. The molecule has 0 aromatic heterocycles. The monoisotopic (exact) mass is 352 g/mol. The zero-order valence-corrected chi connectivity index (χ0v) is 13.9. The van der Waals surface area contributed by atoms with Gasteiger partial charge in [0.15, 0.2) is 0 Å². The highest BCUT2D eigenvalue weighted by Crippen LogP contribution is 1.99. The number of carbonyl (C=O) groups is 5. The van der Waals surface area contributed by atoms with Gasteiger partial charge in [0.2, 0.25) is 0 Å². The van der Waals surface area contributed by atoms with Gasteiger partial charge in [-0.05, 0) is 0 Å². The molecule has 0 heterocycles. The summed E-state index contributed by atoms with van der Waals surface area (Å²) in [5.41, 5.74) is 0. The number of carboxylic acid groups (broad SMARTS) is 1. The maximum absolute atomic E-state index is 10.8. The van der Waals surface area contributed by atoms with Gasteiger partial charge >= 0.3 is 23.9 Å². The molecule has 0 spiro atoms. The minimum atomic E-state index is -0.833. The van der Waals surface area contributed by atoms with Gasteiger partial charge in [0.1, 0.15) is 0 Å². The first-order valence-electron chi connectivity index (χ1n) is 6.42. The minimum Gasteiger partial charge on any atom is -0.481 e. The maximum Gasteiger partial charge on any atom is 0.326 e. The second kappa shape index (κ2) is 12.8. The van der Waals surface area contributed by atoms with Gasteiger partial charge in [-0.15, -0.1) is 0 Å². The Kier molecular flexibility index (Phi) is 12.5. The molecule has 0 saturated carbocycles. The van der Waals surface area contributed by atoms with Crippen LogP contribution in [-0.2, 0) is 43.3 Å². The number of hydrogen-bond donors (Lipinski definition) is 1. The zero-order chi connectivity index (χ0) is 19.3. The lowest BCUT2D eigenvalue weighted by Gasteiger charge is -2.22. The van der Waals surface area contributed by atoms with Gasteiger partial charge in [-0.3, -0.25) is 24.0 Å². The van der Waals surface area contributed by atoms with E-state index in [0.717, 1.165) is 34.6 Å². The SMILES string of the molecule is CC(=O)O.CC(=O)ON(CCN(OC(C)=O)OC(C)=O)OC(C)=O. The molecule has 0 saturated heterocycles. The molecule has 12 heteroatoms. The van der Waals surface area contributed by atoms with Crippen molar-refractivity contribution in [1.82, 2.24) is 10.5 Å². The van der Waals surface area contributed by atoms with E-state index in [4.69, 9.17) is 9.90 Å². The number of hydroxylamine groups is 4. The van der Waals surface area contributed by atoms with Gasteiger partial charge in [-0.2, -0.15) is 0 Å². The molecular weight excluding hydrogens is 332 g/mol. The molecule has 0 atom stereocenters. The molecule has 12 nitrogen and oxygen atoms in total. The zero-order valence-electron chi connectivity index (χ0n) is 13.9. The van der Waals surface area contributed by atoms with Crippen molar-refractivity contribution in [2.75, 3.05) is 13.1 Å². The highest BCUT2D eigenvalue weighted by atomic mass is 17.0. The van der Waals surface area contributed by atoms with E-state index in [0.29, 0.717) is 10.5 Å². The lowest BCUT2D eigenvalue weighted by Crippen LogP contribution is -2.38. The highest BCUT2D eigenvalue weighted by Gasteiger charge is 2.18. The Morgan fingerprint density at radius 2 is 0.792 bits per heavy atom. The molecule has 0 aliphatic carbocycles. The molecule has 0 amide bonds. The van der Waals surface area contributed by atoms with Crippen molar-refractivity contribution in [2.24, 2.45) is 0 Å². The summed E-state index contributed by atoms with van der Waals surface area (Å²) >= 11 is 0. The lowest BCUT2D eigenvalue weighted by molar-refractivity contribution is -0.354. The van der Waals surface area contributed by atoms with E-state index in [2.05, 4.69) is 19.4 Å². The summed E-state index contributed by atoms with van der Waals surface area (Å²) in [5, 5.41) is 8.56. The van der Waals surface area contributed by atoms with Gasteiger partial charge < -0.3 is 24.5 Å². The van der Waals surface area contributed by atoms with Crippen LogP contribution in [0.5, 0.6) is 0 Å². The first-order chi connectivity index (χ1) is 10.9. The Morgan fingerprint density at radius 1 is 0.625 bits per heavy atom. The molecule has 1 N–H and O–H groups in total. The third kappa shape index (κ3) is 19.3. The summed E-state index contributed by atoms with van der Waals surface area (Å²) in [4.78, 5) is 70.4. The fourth-order valence-corrected chi connectivity index (χ4v) is 0.957. The molecule has 138 valence electrons. The van der Waals surface area contributed by atoms with Crippen LogP contribution in [0.3, 0.4) is 0 Å². The molecule has 0 unspecified atom stereocenters. The normalized spacial score (nSPS) is 9.46. The topological polar surface area (TPSA) is 149 Å². The van der Waals surface area contributed by atoms with Crippen LogP contribution in [0.4, 0.5) is 0 Å². The molecule has 0 bridgehead atoms. The van der Waals surface area contributed by atoms with Crippen LogP contribution < -0.4 is 0 Å². The molecule has 0 aliphatic rings. The van der Waals surface area contributed by atoms with E-state index in [1.165, 1.54) is 0 Å².